The maximum absolute atomic E-state index is 6.23. The Labute approximate surface area is 132 Å². The highest BCUT2D eigenvalue weighted by Crippen LogP contribution is 2.44. The van der Waals surface area contributed by atoms with E-state index >= 15 is 0 Å². The van der Waals surface area contributed by atoms with E-state index in [2.05, 4.69) is 35.8 Å². The minimum Gasteiger partial charge on any atom is -0.375 e. The molecule has 2 saturated heterocycles. The summed E-state index contributed by atoms with van der Waals surface area (Å²) in [5.74, 6) is 4.86. The summed E-state index contributed by atoms with van der Waals surface area (Å²) in [5.41, 5.74) is 0.267. The molecule has 3 unspecified atom stereocenters. The first-order valence-electron chi connectivity index (χ1n) is 8.40. The van der Waals surface area contributed by atoms with Crippen molar-refractivity contribution < 1.29 is 4.74 Å². The molecule has 20 heavy (non-hydrogen) atoms. The summed E-state index contributed by atoms with van der Waals surface area (Å²) in [6.07, 6.45) is 7.97. The van der Waals surface area contributed by atoms with Crippen molar-refractivity contribution in [1.29, 1.82) is 0 Å². The molecule has 116 valence electrons. The molecule has 0 amide bonds. The smallest absolute Gasteiger partial charge is 0.0685 e. The average molecular weight is 316 g/mol. The maximum Gasteiger partial charge on any atom is 0.0685 e. The molecule has 3 fully saturated rings. The molecule has 2 nitrogen and oxygen atoms in total. The normalized spacial score (nSPS) is 35.2. The van der Waals surface area contributed by atoms with Crippen molar-refractivity contribution in [3.63, 3.8) is 0 Å². The van der Waals surface area contributed by atoms with Crippen molar-refractivity contribution in [1.82, 2.24) is 5.32 Å². The molecule has 0 aromatic heterocycles. The maximum atomic E-state index is 6.23. The quantitative estimate of drug-likeness (QED) is 0.856. The van der Waals surface area contributed by atoms with E-state index in [9.17, 15) is 0 Å². The van der Waals surface area contributed by atoms with Crippen molar-refractivity contribution in [3.05, 3.63) is 0 Å². The second-order valence-corrected chi connectivity index (χ2v) is 9.06. The number of thioether (sulfide) groups is 2. The summed E-state index contributed by atoms with van der Waals surface area (Å²) >= 11 is 4.36. The predicted octanol–water partition coefficient (Wildman–Crippen LogP) is 3.55. The number of rotatable bonds is 4. The Morgan fingerprint density at radius 3 is 2.85 bits per heavy atom. The van der Waals surface area contributed by atoms with E-state index in [1.807, 2.05) is 0 Å². The van der Waals surface area contributed by atoms with Gasteiger partial charge in [0.25, 0.3) is 0 Å². The first-order chi connectivity index (χ1) is 9.83. The van der Waals surface area contributed by atoms with E-state index in [1.165, 1.54) is 55.8 Å². The molecule has 1 spiro atoms. The highest BCUT2D eigenvalue weighted by atomic mass is 32.2. The van der Waals surface area contributed by atoms with Crippen LogP contribution in [0.4, 0.5) is 0 Å². The summed E-state index contributed by atoms with van der Waals surface area (Å²) in [5, 5.41) is 4.65. The van der Waals surface area contributed by atoms with Crippen LogP contribution in [0, 0.1) is 5.92 Å². The van der Waals surface area contributed by atoms with Crippen molar-refractivity contribution in [2.45, 2.75) is 62.3 Å². The Hall–Kier alpha value is 0.620. The lowest BCUT2D eigenvalue weighted by Gasteiger charge is -2.44. The van der Waals surface area contributed by atoms with Crippen LogP contribution in [0.3, 0.4) is 0 Å². The molecule has 0 bridgehead atoms. The van der Waals surface area contributed by atoms with Crippen LogP contribution in [0.25, 0.3) is 0 Å². The standard InChI is InChI=1S/C16H29NOS2/c1-2-17-15(14-12-19-9-10-20-14)13-5-8-18-16(11-13)6-3-4-7-16/h13-15,17H,2-12H2,1H3. The van der Waals surface area contributed by atoms with Gasteiger partial charge < -0.3 is 10.1 Å². The summed E-state index contributed by atoms with van der Waals surface area (Å²) in [7, 11) is 0. The zero-order valence-electron chi connectivity index (χ0n) is 12.7. The van der Waals surface area contributed by atoms with Crippen LogP contribution in [0.1, 0.15) is 45.4 Å². The highest BCUT2D eigenvalue weighted by Gasteiger charge is 2.43. The van der Waals surface area contributed by atoms with Gasteiger partial charge >= 0.3 is 0 Å². The fraction of sp³-hybridized carbons (Fsp3) is 1.00. The third-order valence-electron chi connectivity index (χ3n) is 5.24. The minimum atomic E-state index is 0.267. The Morgan fingerprint density at radius 2 is 2.15 bits per heavy atom. The molecule has 2 aliphatic heterocycles. The van der Waals surface area contributed by atoms with Gasteiger partial charge in [-0.05, 0) is 38.1 Å². The molecule has 1 aliphatic carbocycles. The molecular weight excluding hydrogens is 286 g/mol. The highest BCUT2D eigenvalue weighted by molar-refractivity contribution is 8.06. The molecular formula is C16H29NOS2. The molecule has 0 radical (unpaired) electrons. The third-order valence-corrected chi connectivity index (χ3v) is 8.12. The monoisotopic (exact) mass is 315 g/mol. The zero-order valence-corrected chi connectivity index (χ0v) is 14.4. The molecule has 3 aliphatic rings. The predicted molar refractivity (Wildman–Crippen MR) is 90.9 cm³/mol. The van der Waals surface area contributed by atoms with Gasteiger partial charge in [-0.2, -0.15) is 23.5 Å². The molecule has 1 N–H and O–H groups in total. The van der Waals surface area contributed by atoms with Crippen molar-refractivity contribution >= 4 is 23.5 Å². The number of ether oxygens (including phenoxy) is 1. The zero-order chi connectivity index (χ0) is 13.8. The Balaban J connectivity index is 1.66. The van der Waals surface area contributed by atoms with Crippen LogP contribution in [-0.4, -0.2) is 47.3 Å². The van der Waals surface area contributed by atoms with Gasteiger partial charge in [0.2, 0.25) is 0 Å². The number of hydrogen-bond acceptors (Lipinski definition) is 4. The fourth-order valence-electron chi connectivity index (χ4n) is 4.29. The molecule has 0 aromatic rings. The SMILES string of the molecule is CCNC(C1CCOC2(CCCC2)C1)C1CSCCS1. The topological polar surface area (TPSA) is 21.3 Å². The lowest BCUT2D eigenvalue weighted by Crippen LogP contribution is -2.51. The van der Waals surface area contributed by atoms with Crippen molar-refractivity contribution in [2.24, 2.45) is 5.92 Å². The second kappa shape index (κ2) is 7.26. The summed E-state index contributed by atoms with van der Waals surface area (Å²) in [4.78, 5) is 0. The number of hydrogen-bond donors (Lipinski definition) is 1. The van der Waals surface area contributed by atoms with E-state index in [4.69, 9.17) is 4.74 Å². The van der Waals surface area contributed by atoms with Gasteiger partial charge in [-0.3, -0.25) is 0 Å². The summed E-state index contributed by atoms with van der Waals surface area (Å²) in [6, 6.07) is 0.708. The average Bonchev–Trinajstić information content (AvgIpc) is 2.93. The van der Waals surface area contributed by atoms with Crippen molar-refractivity contribution in [2.75, 3.05) is 30.4 Å². The third kappa shape index (κ3) is 3.50. The summed E-state index contributed by atoms with van der Waals surface area (Å²) < 4.78 is 6.23. The van der Waals surface area contributed by atoms with Crippen LogP contribution >= 0.6 is 23.5 Å². The first-order valence-corrected chi connectivity index (χ1v) is 10.6. The van der Waals surface area contributed by atoms with E-state index < -0.39 is 0 Å². The first kappa shape index (κ1) is 15.5. The van der Waals surface area contributed by atoms with Crippen LogP contribution in [0.15, 0.2) is 0 Å². The van der Waals surface area contributed by atoms with Crippen LogP contribution in [0.5, 0.6) is 0 Å². The summed E-state index contributed by atoms with van der Waals surface area (Å²) in [6.45, 7) is 4.37. The molecule has 4 heteroatoms. The van der Waals surface area contributed by atoms with E-state index in [1.54, 1.807) is 0 Å². The Morgan fingerprint density at radius 1 is 1.30 bits per heavy atom. The van der Waals surface area contributed by atoms with Crippen LogP contribution in [0.2, 0.25) is 0 Å². The Kier molecular flexibility index (Phi) is 5.63. The van der Waals surface area contributed by atoms with Gasteiger partial charge in [0.1, 0.15) is 0 Å². The second-order valence-electron chi connectivity index (χ2n) is 6.56. The Bertz CT molecular complexity index is 301. The minimum absolute atomic E-state index is 0.267. The van der Waals surface area contributed by atoms with Gasteiger partial charge in [-0.1, -0.05) is 19.8 Å². The molecule has 0 aromatic carbocycles. The van der Waals surface area contributed by atoms with E-state index in [0.717, 1.165) is 24.3 Å². The van der Waals surface area contributed by atoms with E-state index in [-0.39, 0.29) is 5.60 Å². The van der Waals surface area contributed by atoms with Crippen molar-refractivity contribution in [3.8, 4) is 0 Å². The van der Waals surface area contributed by atoms with E-state index in [0.29, 0.717) is 6.04 Å². The number of nitrogens with one attached hydrogen (secondary N) is 1. The molecule has 3 atom stereocenters. The van der Waals surface area contributed by atoms with Gasteiger partial charge in [0, 0.05) is 35.2 Å². The fourth-order valence-corrected chi connectivity index (χ4v) is 7.26. The van der Waals surface area contributed by atoms with Gasteiger partial charge in [-0.15, -0.1) is 0 Å². The van der Waals surface area contributed by atoms with Crippen LogP contribution in [-0.2, 0) is 4.74 Å². The molecule has 3 rings (SSSR count). The largest absolute Gasteiger partial charge is 0.375 e. The van der Waals surface area contributed by atoms with Gasteiger partial charge in [-0.25, -0.2) is 0 Å². The van der Waals surface area contributed by atoms with Gasteiger partial charge in [0.05, 0.1) is 5.60 Å². The van der Waals surface area contributed by atoms with Crippen LogP contribution < -0.4 is 5.32 Å². The van der Waals surface area contributed by atoms with Gasteiger partial charge in [0.15, 0.2) is 0 Å². The molecule has 2 heterocycles. The lowest BCUT2D eigenvalue weighted by molar-refractivity contribution is -0.0976. The lowest BCUT2D eigenvalue weighted by atomic mass is 9.79. The molecule has 1 saturated carbocycles.